The first-order chi connectivity index (χ1) is 14.7. The average Bonchev–Trinajstić information content (AvgIpc) is 3.41. The smallest absolute Gasteiger partial charge is 0.128 e. The third-order valence-electron chi connectivity index (χ3n) is 6.58. The molecular weight excluding hydrogens is 396 g/mol. The van der Waals surface area contributed by atoms with E-state index in [9.17, 15) is 0 Å². The van der Waals surface area contributed by atoms with Crippen LogP contribution >= 0.6 is 11.3 Å². The van der Waals surface area contributed by atoms with Crippen LogP contribution < -0.4 is 0 Å². The molecule has 7 nitrogen and oxygen atoms in total. The minimum atomic E-state index is 0.430. The van der Waals surface area contributed by atoms with Gasteiger partial charge in [-0.25, -0.2) is 9.50 Å². The highest BCUT2D eigenvalue weighted by atomic mass is 32.1. The van der Waals surface area contributed by atoms with Crippen molar-refractivity contribution in [1.29, 1.82) is 0 Å². The van der Waals surface area contributed by atoms with Gasteiger partial charge in [0, 0.05) is 17.7 Å². The van der Waals surface area contributed by atoms with E-state index in [0.29, 0.717) is 17.9 Å². The summed E-state index contributed by atoms with van der Waals surface area (Å²) < 4.78 is 9.49. The molecule has 156 valence electrons. The molecule has 0 unspecified atom stereocenters. The van der Waals surface area contributed by atoms with Gasteiger partial charge in [0.15, 0.2) is 0 Å². The van der Waals surface area contributed by atoms with Crippen LogP contribution in [-0.4, -0.2) is 61.6 Å². The molecule has 0 aromatic carbocycles. The molecule has 0 saturated carbocycles. The van der Waals surface area contributed by atoms with Crippen molar-refractivity contribution in [3.05, 3.63) is 41.3 Å². The molecule has 2 aliphatic rings. The molecule has 0 amide bonds. The number of ether oxygens (including phenoxy) is 1. The van der Waals surface area contributed by atoms with E-state index in [-0.39, 0.29) is 0 Å². The van der Waals surface area contributed by atoms with E-state index in [4.69, 9.17) is 9.72 Å². The number of aromatic nitrogens is 5. The molecule has 2 aliphatic heterocycles. The van der Waals surface area contributed by atoms with Crippen molar-refractivity contribution in [3.63, 3.8) is 0 Å². The quantitative estimate of drug-likeness (QED) is 0.500. The maximum atomic E-state index is 5.38. The zero-order valence-corrected chi connectivity index (χ0v) is 18.2. The van der Waals surface area contributed by atoms with Crippen LogP contribution in [-0.2, 0) is 4.74 Å². The lowest BCUT2D eigenvalue weighted by molar-refractivity contribution is -0.0712. The summed E-state index contributed by atoms with van der Waals surface area (Å²) in [6.07, 6.45) is 8.45. The average molecular weight is 423 g/mol. The highest BCUT2D eigenvalue weighted by Crippen LogP contribution is 2.39. The first-order valence-corrected chi connectivity index (χ1v) is 11.6. The number of piperidine rings is 1. The van der Waals surface area contributed by atoms with Crippen molar-refractivity contribution in [2.45, 2.75) is 44.6 Å². The summed E-state index contributed by atoms with van der Waals surface area (Å²) in [6.45, 7) is 8.62. The van der Waals surface area contributed by atoms with Crippen molar-refractivity contribution in [2.75, 3.05) is 26.3 Å². The van der Waals surface area contributed by atoms with Crippen molar-refractivity contribution in [1.82, 2.24) is 29.3 Å². The molecule has 0 aliphatic carbocycles. The summed E-state index contributed by atoms with van der Waals surface area (Å²) in [4.78, 5) is 9.02. The Morgan fingerprint density at radius 1 is 1.13 bits per heavy atom. The first-order valence-electron chi connectivity index (χ1n) is 10.8. The summed E-state index contributed by atoms with van der Waals surface area (Å²) in [5.41, 5.74) is 4.58. The number of rotatable bonds is 4. The first kappa shape index (κ1) is 18.5. The van der Waals surface area contributed by atoms with Crippen molar-refractivity contribution in [2.24, 2.45) is 0 Å². The zero-order chi connectivity index (χ0) is 20.2. The molecule has 4 aromatic rings. The second kappa shape index (κ2) is 7.14. The molecule has 30 heavy (non-hydrogen) atoms. The van der Waals surface area contributed by atoms with Crippen LogP contribution in [0.5, 0.6) is 0 Å². The molecule has 0 spiro atoms. The summed E-state index contributed by atoms with van der Waals surface area (Å²) >= 11 is 1.86. The van der Waals surface area contributed by atoms with Crippen LogP contribution in [0, 0.1) is 0 Å². The van der Waals surface area contributed by atoms with E-state index in [1.165, 1.54) is 33.8 Å². The molecule has 0 N–H and O–H groups in total. The zero-order valence-electron chi connectivity index (χ0n) is 17.4. The number of likely N-dealkylation sites (tertiary alicyclic amines) is 1. The largest absolute Gasteiger partial charge is 0.378 e. The fourth-order valence-corrected chi connectivity index (χ4v) is 5.88. The molecule has 6 heterocycles. The Morgan fingerprint density at radius 2 is 1.97 bits per heavy atom. The van der Waals surface area contributed by atoms with E-state index in [1.54, 1.807) is 6.20 Å². The van der Waals surface area contributed by atoms with Crippen LogP contribution in [0.15, 0.2) is 30.7 Å². The molecule has 0 bridgehead atoms. The fourth-order valence-electron chi connectivity index (χ4n) is 4.63. The molecule has 0 radical (unpaired) electrons. The van der Waals surface area contributed by atoms with Crippen LogP contribution in [0.3, 0.4) is 0 Å². The van der Waals surface area contributed by atoms with Crippen LogP contribution in [0.1, 0.15) is 49.1 Å². The maximum absolute atomic E-state index is 5.38. The monoisotopic (exact) mass is 422 g/mol. The highest BCUT2D eigenvalue weighted by molar-refractivity contribution is 7.18. The number of hydrogen-bond donors (Lipinski definition) is 0. The van der Waals surface area contributed by atoms with E-state index in [1.807, 2.05) is 22.0 Å². The van der Waals surface area contributed by atoms with Crippen LogP contribution in [0.2, 0.25) is 0 Å². The van der Waals surface area contributed by atoms with Gasteiger partial charge in [-0.15, -0.1) is 5.10 Å². The van der Waals surface area contributed by atoms with Crippen molar-refractivity contribution in [3.8, 4) is 5.69 Å². The molecule has 2 saturated heterocycles. The fraction of sp³-hybridized carbons (Fsp3) is 0.500. The molecule has 4 aromatic heterocycles. The molecule has 8 heteroatoms. The van der Waals surface area contributed by atoms with Gasteiger partial charge in [0.25, 0.3) is 0 Å². The Bertz CT molecular complexity index is 1200. The SMILES string of the molecule is CC(C)c1cn(-c2ccc3cnnn3c2)c2sc(C3CCN(C4COC4)CC3)nc12. The lowest BCUT2D eigenvalue weighted by Crippen LogP contribution is -2.51. The van der Waals surface area contributed by atoms with Gasteiger partial charge in [0.2, 0.25) is 0 Å². The summed E-state index contributed by atoms with van der Waals surface area (Å²) in [5, 5.41) is 9.47. The minimum absolute atomic E-state index is 0.430. The second-order valence-corrected chi connectivity index (χ2v) is 9.82. The van der Waals surface area contributed by atoms with Gasteiger partial charge < -0.3 is 9.30 Å². The van der Waals surface area contributed by atoms with E-state index < -0.39 is 0 Å². The van der Waals surface area contributed by atoms with Gasteiger partial charge >= 0.3 is 0 Å². The summed E-state index contributed by atoms with van der Waals surface area (Å²) in [5.74, 6) is 0.991. The predicted molar refractivity (Wildman–Crippen MR) is 118 cm³/mol. The van der Waals surface area contributed by atoms with E-state index in [2.05, 4.69) is 52.0 Å². The third-order valence-corrected chi connectivity index (χ3v) is 7.80. The minimum Gasteiger partial charge on any atom is -0.378 e. The summed E-state index contributed by atoms with van der Waals surface area (Å²) in [6, 6.07) is 4.85. The van der Waals surface area contributed by atoms with Gasteiger partial charge in [-0.3, -0.25) is 4.90 Å². The number of fused-ring (bicyclic) bond motifs is 2. The van der Waals surface area contributed by atoms with Gasteiger partial charge in [0.05, 0.1) is 47.9 Å². The number of thiazole rings is 1. The molecule has 0 atom stereocenters. The standard InChI is InChI=1S/C22H26N6OS/c1-14(2)19-11-27(17-4-3-16-9-23-25-28(16)10-17)22-20(19)24-21(30-22)15-5-7-26(8-6-15)18-12-29-13-18/h3-4,9-11,14-15,18H,5-8,12-13H2,1-2H3. The number of pyridine rings is 1. The number of nitrogens with zero attached hydrogens (tertiary/aromatic N) is 6. The maximum Gasteiger partial charge on any atom is 0.128 e. The Labute approximate surface area is 179 Å². The van der Waals surface area contributed by atoms with E-state index >= 15 is 0 Å². The van der Waals surface area contributed by atoms with Gasteiger partial charge in [-0.1, -0.05) is 30.4 Å². The number of hydrogen-bond acceptors (Lipinski definition) is 6. The van der Waals surface area contributed by atoms with Gasteiger partial charge in [-0.2, -0.15) is 0 Å². The van der Waals surface area contributed by atoms with Gasteiger partial charge in [-0.05, 0) is 44.0 Å². The molecule has 2 fully saturated rings. The van der Waals surface area contributed by atoms with Crippen molar-refractivity contribution < 1.29 is 4.74 Å². The Balaban J connectivity index is 1.36. The van der Waals surface area contributed by atoms with Crippen LogP contribution in [0.25, 0.3) is 21.6 Å². The lowest BCUT2D eigenvalue weighted by Gasteiger charge is -2.41. The van der Waals surface area contributed by atoms with E-state index in [0.717, 1.165) is 37.5 Å². The second-order valence-electron chi connectivity index (χ2n) is 8.81. The Morgan fingerprint density at radius 3 is 2.70 bits per heavy atom. The predicted octanol–water partition coefficient (Wildman–Crippen LogP) is 3.83. The van der Waals surface area contributed by atoms with Crippen LogP contribution in [0.4, 0.5) is 0 Å². The Kier molecular flexibility index (Phi) is 4.40. The topological polar surface area (TPSA) is 60.5 Å². The normalized spacial score (nSPS) is 19.3. The summed E-state index contributed by atoms with van der Waals surface area (Å²) in [7, 11) is 0. The molecular formula is C22H26N6OS. The highest BCUT2D eigenvalue weighted by Gasteiger charge is 2.31. The van der Waals surface area contributed by atoms with Crippen molar-refractivity contribution >= 4 is 27.2 Å². The Hall–Kier alpha value is -2.29. The lowest BCUT2D eigenvalue weighted by atomic mass is 9.96. The molecule has 6 rings (SSSR count). The van der Waals surface area contributed by atoms with Gasteiger partial charge in [0.1, 0.15) is 10.3 Å². The third kappa shape index (κ3) is 2.97.